The van der Waals surface area contributed by atoms with Crippen molar-refractivity contribution in [2.45, 2.75) is 38.0 Å². The van der Waals surface area contributed by atoms with Crippen LogP contribution in [-0.4, -0.2) is 36.2 Å². The molecule has 0 N–H and O–H groups in total. The van der Waals surface area contributed by atoms with E-state index >= 15 is 0 Å². The average Bonchev–Trinajstić information content (AvgIpc) is 2.77. The number of pyridine rings is 2. The Bertz CT molecular complexity index is 1250. The lowest BCUT2D eigenvalue weighted by molar-refractivity contribution is 0.0962. The van der Waals surface area contributed by atoms with Crippen LogP contribution in [0.1, 0.15) is 53.2 Å². The summed E-state index contributed by atoms with van der Waals surface area (Å²) >= 11 is 0. The van der Waals surface area contributed by atoms with Crippen molar-refractivity contribution in [1.82, 2.24) is 9.97 Å². The number of carbonyl (C=O) groups excluding carboxylic acids is 2. The number of sulfone groups is 1. The van der Waals surface area contributed by atoms with Gasteiger partial charge in [-0.15, -0.1) is 0 Å². The highest BCUT2D eigenvalue weighted by molar-refractivity contribution is 7.90. The molecule has 0 bridgehead atoms. The van der Waals surface area contributed by atoms with Crippen LogP contribution >= 0.6 is 0 Å². The smallest absolute Gasteiger partial charge is 0.181 e. The third kappa shape index (κ3) is 6.17. The molecule has 0 aliphatic rings. The molecule has 6 nitrogen and oxygen atoms in total. The van der Waals surface area contributed by atoms with Gasteiger partial charge in [0.05, 0.1) is 4.90 Å². The van der Waals surface area contributed by atoms with Gasteiger partial charge in [0.25, 0.3) is 0 Å². The largest absolute Gasteiger partial charge is 0.292 e. The van der Waals surface area contributed by atoms with Gasteiger partial charge >= 0.3 is 0 Å². The summed E-state index contributed by atoms with van der Waals surface area (Å²) in [5.74, 6) is 0.0121. The minimum Gasteiger partial charge on any atom is -0.292 e. The number of nitrogens with zero attached hydrogens (tertiary/aromatic N) is 2. The van der Waals surface area contributed by atoms with E-state index in [1.165, 1.54) is 6.26 Å². The Balaban J connectivity index is 1.72. The van der Waals surface area contributed by atoms with Crippen LogP contribution in [0.25, 0.3) is 11.1 Å². The molecule has 0 amide bonds. The third-order valence-electron chi connectivity index (χ3n) is 4.95. The van der Waals surface area contributed by atoms with Crippen molar-refractivity contribution in [1.29, 1.82) is 0 Å². The van der Waals surface area contributed by atoms with E-state index in [9.17, 15) is 18.0 Å². The predicted molar refractivity (Wildman–Crippen MR) is 123 cm³/mol. The highest BCUT2D eigenvalue weighted by atomic mass is 32.2. The Kier molecular flexibility index (Phi) is 7.30. The molecule has 0 saturated carbocycles. The molecule has 0 radical (unpaired) electrons. The first-order valence-corrected chi connectivity index (χ1v) is 12.3. The fraction of sp³-hybridized carbons (Fsp3) is 0.280. The first kappa shape index (κ1) is 23.5. The van der Waals surface area contributed by atoms with Crippen molar-refractivity contribution in [2.75, 3.05) is 6.26 Å². The first-order valence-electron chi connectivity index (χ1n) is 10.4. The molecule has 1 aromatic carbocycles. The number of aromatic nitrogens is 2. The van der Waals surface area contributed by atoms with Crippen LogP contribution in [0.4, 0.5) is 0 Å². The van der Waals surface area contributed by atoms with E-state index in [1.54, 1.807) is 48.8 Å². The molecule has 166 valence electrons. The van der Waals surface area contributed by atoms with Crippen molar-refractivity contribution in [2.24, 2.45) is 5.92 Å². The Morgan fingerprint density at radius 2 is 1.59 bits per heavy atom. The summed E-state index contributed by atoms with van der Waals surface area (Å²) in [6.07, 6.45) is 5.60. The van der Waals surface area contributed by atoms with Gasteiger partial charge in [-0.2, -0.15) is 0 Å². The molecule has 0 aliphatic heterocycles. The summed E-state index contributed by atoms with van der Waals surface area (Å²) < 4.78 is 23.7. The zero-order chi connectivity index (χ0) is 23.3. The number of aryl methyl sites for hydroxylation is 1. The Hall–Kier alpha value is -3.19. The lowest BCUT2D eigenvalue weighted by atomic mass is 10.0. The molecular weight excluding hydrogens is 424 g/mol. The number of Topliss-reactive ketones (excluding diaryl/α,β-unsaturated/α-hetero) is 2. The average molecular weight is 451 g/mol. The Morgan fingerprint density at radius 3 is 2.28 bits per heavy atom. The summed E-state index contributed by atoms with van der Waals surface area (Å²) in [6.45, 7) is 3.93. The maximum atomic E-state index is 12.7. The minimum absolute atomic E-state index is 0.0668. The van der Waals surface area contributed by atoms with Crippen molar-refractivity contribution >= 4 is 21.4 Å². The molecule has 3 aromatic rings. The van der Waals surface area contributed by atoms with Crippen LogP contribution in [0.2, 0.25) is 0 Å². The zero-order valence-electron chi connectivity index (χ0n) is 18.4. The number of rotatable bonds is 9. The number of ketones is 2. The van der Waals surface area contributed by atoms with Crippen molar-refractivity contribution in [3.05, 3.63) is 77.9 Å². The van der Waals surface area contributed by atoms with Crippen LogP contribution in [0.5, 0.6) is 0 Å². The van der Waals surface area contributed by atoms with E-state index in [2.05, 4.69) is 9.97 Å². The molecule has 0 fully saturated rings. The number of hydrogen-bond donors (Lipinski definition) is 0. The Labute approximate surface area is 188 Å². The van der Waals surface area contributed by atoms with Crippen LogP contribution in [0.3, 0.4) is 0 Å². The number of carbonyl (C=O) groups is 2. The van der Waals surface area contributed by atoms with E-state index in [0.29, 0.717) is 18.5 Å². The fourth-order valence-electron chi connectivity index (χ4n) is 3.30. The van der Waals surface area contributed by atoms with Gasteiger partial charge < -0.3 is 0 Å². The standard InChI is InChI=1S/C25H26N2O4S/c1-17(2)12-25(29)23-9-5-8-22(27-23)24(28)11-10-18-13-20(16-26-15-18)19-6-4-7-21(14-19)32(3,30)31/h4-9,13-17H,10-12H2,1-3H3. The molecule has 0 saturated heterocycles. The van der Waals surface area contributed by atoms with Gasteiger partial charge in [0.2, 0.25) is 0 Å². The van der Waals surface area contributed by atoms with E-state index in [1.807, 2.05) is 26.0 Å². The van der Waals surface area contributed by atoms with Crippen LogP contribution in [-0.2, 0) is 16.3 Å². The maximum absolute atomic E-state index is 12.7. The predicted octanol–water partition coefficient (Wildman–Crippen LogP) is 4.59. The summed E-state index contributed by atoms with van der Waals surface area (Å²) in [5.41, 5.74) is 2.97. The molecule has 0 aliphatic carbocycles. The highest BCUT2D eigenvalue weighted by Gasteiger charge is 2.14. The molecular formula is C25H26N2O4S. The molecule has 0 spiro atoms. The monoisotopic (exact) mass is 450 g/mol. The summed E-state index contributed by atoms with van der Waals surface area (Å²) in [7, 11) is -3.31. The molecule has 0 atom stereocenters. The van der Waals surface area contributed by atoms with Gasteiger partial charge in [0, 0.05) is 37.1 Å². The van der Waals surface area contributed by atoms with Gasteiger partial charge in [0.1, 0.15) is 11.4 Å². The van der Waals surface area contributed by atoms with Crippen molar-refractivity contribution < 1.29 is 18.0 Å². The molecule has 7 heteroatoms. The van der Waals surface area contributed by atoms with E-state index in [4.69, 9.17) is 0 Å². The van der Waals surface area contributed by atoms with Crippen LogP contribution < -0.4 is 0 Å². The topological polar surface area (TPSA) is 94.1 Å². The second-order valence-corrected chi connectivity index (χ2v) is 10.2. The van der Waals surface area contributed by atoms with E-state index in [0.717, 1.165) is 16.7 Å². The lowest BCUT2D eigenvalue weighted by Crippen LogP contribution is -2.10. The first-order chi connectivity index (χ1) is 15.1. The lowest BCUT2D eigenvalue weighted by Gasteiger charge is -2.07. The quantitative estimate of drug-likeness (QED) is 0.443. The molecule has 0 unspecified atom stereocenters. The highest BCUT2D eigenvalue weighted by Crippen LogP contribution is 2.23. The molecule has 2 heterocycles. The van der Waals surface area contributed by atoms with Crippen molar-refractivity contribution in [3.8, 4) is 11.1 Å². The molecule has 3 rings (SSSR count). The second-order valence-electron chi connectivity index (χ2n) is 8.23. The summed E-state index contributed by atoms with van der Waals surface area (Å²) in [5, 5.41) is 0. The maximum Gasteiger partial charge on any atom is 0.181 e. The fourth-order valence-corrected chi connectivity index (χ4v) is 3.96. The normalized spacial score (nSPS) is 11.5. The second kappa shape index (κ2) is 9.96. The number of benzene rings is 1. The van der Waals surface area contributed by atoms with Gasteiger partial charge in [-0.1, -0.05) is 32.0 Å². The van der Waals surface area contributed by atoms with Crippen LogP contribution in [0, 0.1) is 5.92 Å². The van der Waals surface area contributed by atoms with Gasteiger partial charge in [0.15, 0.2) is 21.4 Å². The van der Waals surface area contributed by atoms with E-state index in [-0.39, 0.29) is 34.5 Å². The molecule has 2 aromatic heterocycles. The SMILES string of the molecule is CC(C)CC(=O)c1cccc(C(=O)CCc2cncc(-c3cccc(S(C)(=O)=O)c3)c2)n1. The van der Waals surface area contributed by atoms with Gasteiger partial charge in [-0.25, -0.2) is 13.4 Å². The summed E-state index contributed by atoms with van der Waals surface area (Å²) in [4.78, 5) is 33.7. The van der Waals surface area contributed by atoms with Gasteiger partial charge in [-0.05, 0) is 53.8 Å². The Morgan fingerprint density at radius 1 is 0.906 bits per heavy atom. The number of hydrogen-bond acceptors (Lipinski definition) is 6. The van der Waals surface area contributed by atoms with E-state index < -0.39 is 9.84 Å². The zero-order valence-corrected chi connectivity index (χ0v) is 19.2. The minimum atomic E-state index is -3.31. The third-order valence-corrected chi connectivity index (χ3v) is 6.06. The van der Waals surface area contributed by atoms with Crippen LogP contribution in [0.15, 0.2) is 65.8 Å². The summed E-state index contributed by atoms with van der Waals surface area (Å²) in [6, 6.07) is 13.5. The van der Waals surface area contributed by atoms with Gasteiger partial charge in [-0.3, -0.25) is 14.6 Å². The molecule has 32 heavy (non-hydrogen) atoms. The van der Waals surface area contributed by atoms with Crippen molar-refractivity contribution in [3.63, 3.8) is 0 Å².